The number of nitrogens with zero attached hydrogens (tertiary/aromatic N) is 1. The molecule has 3 aliphatic rings. The highest BCUT2D eigenvalue weighted by atomic mass is 32.2. The summed E-state index contributed by atoms with van der Waals surface area (Å²) in [5.41, 5.74) is 0.367. The molecule has 1 spiro atoms. The standard InChI is InChI=1S/C16H28N2OS/c1-3-14-13(6-9-19-14)10-17-15-18-16(11-20-15)7-4-12(2)5-8-16/h12-14H,3-11H2,1-2H3,(H,17,18). The quantitative estimate of drug-likeness (QED) is 0.866. The Labute approximate surface area is 127 Å². The first-order valence-corrected chi connectivity index (χ1v) is 9.26. The maximum absolute atomic E-state index is 5.76. The normalized spacial score (nSPS) is 43.3. The van der Waals surface area contributed by atoms with E-state index in [1.807, 2.05) is 11.8 Å². The molecule has 0 aromatic rings. The molecule has 2 saturated heterocycles. The molecule has 4 heteroatoms. The molecular weight excluding hydrogens is 268 g/mol. The molecule has 2 aliphatic heterocycles. The fraction of sp³-hybridized carbons (Fsp3) is 0.938. The first-order valence-electron chi connectivity index (χ1n) is 8.28. The molecule has 2 atom stereocenters. The molecule has 2 unspecified atom stereocenters. The van der Waals surface area contributed by atoms with E-state index in [0.29, 0.717) is 17.6 Å². The number of hydrogen-bond acceptors (Lipinski definition) is 3. The third kappa shape index (κ3) is 3.16. The molecule has 0 amide bonds. The summed E-state index contributed by atoms with van der Waals surface area (Å²) in [5, 5.41) is 4.95. The fourth-order valence-electron chi connectivity index (χ4n) is 3.73. The second-order valence-electron chi connectivity index (χ2n) is 6.89. The smallest absolute Gasteiger partial charge is 0.157 e. The van der Waals surface area contributed by atoms with Crippen LogP contribution in [0.1, 0.15) is 52.4 Å². The maximum atomic E-state index is 5.76. The van der Waals surface area contributed by atoms with Crippen LogP contribution < -0.4 is 5.32 Å². The van der Waals surface area contributed by atoms with Gasteiger partial charge in [0.1, 0.15) is 0 Å². The van der Waals surface area contributed by atoms with Crippen molar-refractivity contribution in [1.82, 2.24) is 5.32 Å². The molecule has 0 aromatic heterocycles. The number of rotatable bonds is 3. The van der Waals surface area contributed by atoms with E-state index in [4.69, 9.17) is 9.73 Å². The lowest BCUT2D eigenvalue weighted by molar-refractivity contribution is 0.0893. The number of hydrogen-bond donors (Lipinski definition) is 1. The number of nitrogens with one attached hydrogen (secondary N) is 1. The van der Waals surface area contributed by atoms with Crippen LogP contribution in [0.25, 0.3) is 0 Å². The molecule has 0 bridgehead atoms. The summed E-state index contributed by atoms with van der Waals surface area (Å²) in [7, 11) is 0. The topological polar surface area (TPSA) is 33.6 Å². The average Bonchev–Trinajstić information content (AvgIpc) is 3.07. The molecule has 0 radical (unpaired) electrons. The Balaban J connectivity index is 1.53. The summed E-state index contributed by atoms with van der Waals surface area (Å²) < 4.78 is 5.76. The van der Waals surface area contributed by atoms with E-state index in [0.717, 1.165) is 25.5 Å². The lowest BCUT2D eigenvalue weighted by Gasteiger charge is -2.35. The zero-order chi connectivity index (χ0) is 14.0. The van der Waals surface area contributed by atoms with E-state index in [1.54, 1.807) is 0 Å². The number of ether oxygens (including phenoxy) is 1. The van der Waals surface area contributed by atoms with Crippen LogP contribution in [0.2, 0.25) is 0 Å². The summed E-state index contributed by atoms with van der Waals surface area (Å²) in [6.07, 6.45) is 8.13. The Morgan fingerprint density at radius 1 is 1.35 bits per heavy atom. The van der Waals surface area contributed by atoms with Crippen LogP contribution in [-0.2, 0) is 4.74 Å². The van der Waals surface area contributed by atoms with E-state index in [1.165, 1.54) is 43.0 Å². The Morgan fingerprint density at radius 2 is 2.15 bits per heavy atom. The molecule has 1 N–H and O–H groups in total. The zero-order valence-electron chi connectivity index (χ0n) is 12.9. The van der Waals surface area contributed by atoms with Gasteiger partial charge < -0.3 is 10.1 Å². The lowest BCUT2D eigenvalue weighted by Crippen LogP contribution is -2.46. The molecule has 0 aromatic carbocycles. The summed E-state index contributed by atoms with van der Waals surface area (Å²) in [6, 6.07) is 0. The van der Waals surface area contributed by atoms with Crippen LogP contribution >= 0.6 is 11.8 Å². The highest BCUT2D eigenvalue weighted by Gasteiger charge is 2.39. The van der Waals surface area contributed by atoms with Crippen molar-refractivity contribution in [2.75, 3.05) is 18.9 Å². The van der Waals surface area contributed by atoms with Gasteiger partial charge in [-0.15, -0.1) is 0 Å². The minimum absolute atomic E-state index is 0.367. The summed E-state index contributed by atoms with van der Waals surface area (Å²) in [4.78, 5) is 4.86. The summed E-state index contributed by atoms with van der Waals surface area (Å²) in [5.74, 6) is 2.77. The Morgan fingerprint density at radius 3 is 2.90 bits per heavy atom. The van der Waals surface area contributed by atoms with E-state index >= 15 is 0 Å². The van der Waals surface area contributed by atoms with Crippen molar-refractivity contribution in [2.24, 2.45) is 16.8 Å². The van der Waals surface area contributed by atoms with Crippen LogP contribution in [0.5, 0.6) is 0 Å². The van der Waals surface area contributed by atoms with Crippen LogP contribution in [0, 0.1) is 11.8 Å². The molecule has 20 heavy (non-hydrogen) atoms. The van der Waals surface area contributed by atoms with Crippen molar-refractivity contribution < 1.29 is 4.74 Å². The van der Waals surface area contributed by atoms with Gasteiger partial charge in [-0.05, 0) is 44.4 Å². The molecule has 1 aliphatic carbocycles. The zero-order valence-corrected chi connectivity index (χ0v) is 13.7. The average molecular weight is 296 g/mol. The third-order valence-corrected chi connectivity index (χ3v) is 6.51. The van der Waals surface area contributed by atoms with Gasteiger partial charge in [-0.2, -0.15) is 0 Å². The summed E-state index contributed by atoms with van der Waals surface area (Å²) in [6.45, 7) is 6.47. The molecule has 1 saturated carbocycles. The summed E-state index contributed by atoms with van der Waals surface area (Å²) >= 11 is 1.94. The van der Waals surface area contributed by atoms with Gasteiger partial charge in [-0.25, -0.2) is 0 Å². The SMILES string of the molecule is CCC1OCCC1CN=C1NC2(CCC(C)CC2)CS1. The third-order valence-electron chi connectivity index (χ3n) is 5.31. The Hall–Kier alpha value is -0.220. The molecular formula is C16H28N2OS. The van der Waals surface area contributed by atoms with Crippen molar-refractivity contribution in [3.05, 3.63) is 0 Å². The van der Waals surface area contributed by atoms with Gasteiger partial charge in [-0.1, -0.05) is 25.6 Å². The fourth-order valence-corrected chi connectivity index (χ4v) is 4.96. The van der Waals surface area contributed by atoms with Crippen LogP contribution in [0.4, 0.5) is 0 Å². The second kappa shape index (κ2) is 6.27. The predicted molar refractivity (Wildman–Crippen MR) is 86.4 cm³/mol. The molecule has 3 fully saturated rings. The minimum atomic E-state index is 0.367. The lowest BCUT2D eigenvalue weighted by atomic mass is 9.78. The monoisotopic (exact) mass is 296 g/mol. The molecule has 114 valence electrons. The van der Waals surface area contributed by atoms with E-state index < -0.39 is 0 Å². The van der Waals surface area contributed by atoms with Crippen LogP contribution in [0.15, 0.2) is 4.99 Å². The Bertz CT molecular complexity index is 363. The number of aliphatic imine (C=N–C) groups is 1. The van der Waals surface area contributed by atoms with Crippen molar-refractivity contribution in [3.63, 3.8) is 0 Å². The molecule has 3 nitrogen and oxygen atoms in total. The first-order chi connectivity index (χ1) is 9.71. The molecule has 3 rings (SSSR count). The van der Waals surface area contributed by atoms with Gasteiger partial charge in [-0.3, -0.25) is 4.99 Å². The van der Waals surface area contributed by atoms with Gasteiger partial charge in [0.25, 0.3) is 0 Å². The van der Waals surface area contributed by atoms with Crippen LogP contribution in [-0.4, -0.2) is 35.7 Å². The van der Waals surface area contributed by atoms with Gasteiger partial charge >= 0.3 is 0 Å². The van der Waals surface area contributed by atoms with Crippen molar-refractivity contribution in [2.45, 2.75) is 64.0 Å². The highest BCUT2D eigenvalue weighted by Crippen LogP contribution is 2.38. The maximum Gasteiger partial charge on any atom is 0.157 e. The van der Waals surface area contributed by atoms with Gasteiger partial charge in [0, 0.05) is 30.4 Å². The Kier molecular flexibility index (Phi) is 4.61. The second-order valence-corrected chi connectivity index (χ2v) is 7.85. The predicted octanol–water partition coefficient (Wildman–Crippen LogP) is 3.44. The molecule has 2 heterocycles. The highest BCUT2D eigenvalue weighted by molar-refractivity contribution is 8.14. The van der Waals surface area contributed by atoms with E-state index in [2.05, 4.69) is 19.2 Å². The number of amidine groups is 1. The van der Waals surface area contributed by atoms with E-state index in [9.17, 15) is 0 Å². The van der Waals surface area contributed by atoms with Crippen molar-refractivity contribution in [1.29, 1.82) is 0 Å². The van der Waals surface area contributed by atoms with Crippen molar-refractivity contribution >= 4 is 16.9 Å². The van der Waals surface area contributed by atoms with E-state index in [-0.39, 0.29) is 0 Å². The largest absolute Gasteiger partial charge is 0.378 e. The van der Waals surface area contributed by atoms with Gasteiger partial charge in [0.05, 0.1) is 6.10 Å². The number of thioether (sulfide) groups is 1. The van der Waals surface area contributed by atoms with Crippen LogP contribution in [0.3, 0.4) is 0 Å². The van der Waals surface area contributed by atoms with Gasteiger partial charge in [0.15, 0.2) is 5.17 Å². The first kappa shape index (κ1) is 14.7. The van der Waals surface area contributed by atoms with Crippen molar-refractivity contribution in [3.8, 4) is 0 Å². The minimum Gasteiger partial charge on any atom is -0.378 e. The van der Waals surface area contributed by atoms with Gasteiger partial charge in [0.2, 0.25) is 0 Å².